The van der Waals surface area contributed by atoms with Gasteiger partial charge in [-0.15, -0.1) is 0 Å². The first-order chi connectivity index (χ1) is 13.7. The van der Waals surface area contributed by atoms with Crippen LogP contribution in [0.4, 0.5) is 11.6 Å². The van der Waals surface area contributed by atoms with Gasteiger partial charge in [-0.2, -0.15) is 0 Å². The van der Waals surface area contributed by atoms with Gasteiger partial charge in [0.05, 0.1) is 25.7 Å². The summed E-state index contributed by atoms with van der Waals surface area (Å²) >= 11 is 0. The Labute approximate surface area is 158 Å². The smallest absolute Gasteiger partial charge is 0.165 e. The van der Waals surface area contributed by atoms with Crippen molar-refractivity contribution < 1.29 is 0 Å². The summed E-state index contributed by atoms with van der Waals surface area (Å²) in [5.41, 5.74) is 16.6. The molecule has 10 heteroatoms. The van der Waals surface area contributed by atoms with Crippen molar-refractivity contribution >= 4 is 34.0 Å². The third-order valence-corrected chi connectivity index (χ3v) is 4.56. The number of nitrogen functional groups attached to an aromatic ring is 2. The standard InChI is InChI=1S/C18H16N10/c19-15-13-17(23-7-21-15)27(9-25-13)5-11-2-1-3-12(4-11)6-28-10-26-14-16(20)22-8-24-18(14)28/h1-4,7-10H,5-6H2,(H2,19,21,23)(H2,20,22,24). The monoisotopic (exact) mass is 372 g/mol. The van der Waals surface area contributed by atoms with Gasteiger partial charge < -0.3 is 20.6 Å². The highest BCUT2D eigenvalue weighted by atomic mass is 15.1. The van der Waals surface area contributed by atoms with Crippen LogP contribution in [0, 0.1) is 0 Å². The first-order valence-corrected chi connectivity index (χ1v) is 8.59. The number of hydrogen-bond acceptors (Lipinski definition) is 8. The summed E-state index contributed by atoms with van der Waals surface area (Å²) in [5.74, 6) is 0.761. The van der Waals surface area contributed by atoms with Gasteiger partial charge in [0.25, 0.3) is 0 Å². The highest BCUT2D eigenvalue weighted by Crippen LogP contribution is 2.18. The van der Waals surface area contributed by atoms with Crippen molar-refractivity contribution in [1.82, 2.24) is 39.0 Å². The van der Waals surface area contributed by atoms with Crippen LogP contribution in [-0.4, -0.2) is 39.0 Å². The predicted molar refractivity (Wildman–Crippen MR) is 104 cm³/mol. The zero-order valence-corrected chi connectivity index (χ0v) is 14.8. The van der Waals surface area contributed by atoms with Crippen LogP contribution >= 0.6 is 0 Å². The fourth-order valence-electron chi connectivity index (χ4n) is 3.25. The van der Waals surface area contributed by atoms with E-state index in [9.17, 15) is 0 Å². The van der Waals surface area contributed by atoms with E-state index in [0.29, 0.717) is 47.1 Å². The van der Waals surface area contributed by atoms with Gasteiger partial charge in [0.15, 0.2) is 22.9 Å². The van der Waals surface area contributed by atoms with E-state index in [4.69, 9.17) is 11.5 Å². The van der Waals surface area contributed by atoms with E-state index >= 15 is 0 Å². The SMILES string of the molecule is Nc1ncnc2c1ncn2Cc1cccc(Cn2cnc3c(N)ncnc32)c1. The lowest BCUT2D eigenvalue weighted by Gasteiger charge is -2.08. The minimum Gasteiger partial charge on any atom is -0.382 e. The lowest BCUT2D eigenvalue weighted by molar-refractivity contribution is 0.793. The van der Waals surface area contributed by atoms with Gasteiger partial charge in [-0.1, -0.05) is 24.3 Å². The van der Waals surface area contributed by atoms with Crippen molar-refractivity contribution in [2.45, 2.75) is 13.1 Å². The third kappa shape index (κ3) is 2.67. The largest absolute Gasteiger partial charge is 0.382 e. The van der Waals surface area contributed by atoms with Crippen molar-refractivity contribution in [2.75, 3.05) is 11.5 Å². The van der Waals surface area contributed by atoms with Gasteiger partial charge in [-0.05, 0) is 11.1 Å². The molecule has 0 aliphatic rings. The van der Waals surface area contributed by atoms with Gasteiger partial charge in [-0.3, -0.25) is 0 Å². The average Bonchev–Trinajstić information content (AvgIpc) is 3.29. The van der Waals surface area contributed by atoms with Crippen molar-refractivity contribution in [1.29, 1.82) is 0 Å². The number of imidazole rings is 2. The van der Waals surface area contributed by atoms with Crippen LogP contribution in [0.3, 0.4) is 0 Å². The molecule has 5 aromatic rings. The Morgan fingerprint density at radius 1 is 0.679 bits per heavy atom. The topological polar surface area (TPSA) is 139 Å². The molecular formula is C18H16N10. The van der Waals surface area contributed by atoms with Gasteiger partial charge in [-0.25, -0.2) is 29.9 Å². The molecule has 0 unspecified atom stereocenters. The molecule has 0 saturated carbocycles. The first-order valence-electron chi connectivity index (χ1n) is 8.59. The van der Waals surface area contributed by atoms with E-state index in [2.05, 4.69) is 48.1 Å². The molecule has 28 heavy (non-hydrogen) atoms. The van der Waals surface area contributed by atoms with Crippen molar-refractivity contribution in [3.63, 3.8) is 0 Å². The van der Waals surface area contributed by atoms with Crippen LogP contribution in [0.25, 0.3) is 22.3 Å². The lowest BCUT2D eigenvalue weighted by atomic mass is 10.1. The van der Waals surface area contributed by atoms with Crippen LogP contribution < -0.4 is 11.5 Å². The first kappa shape index (κ1) is 16.1. The quantitative estimate of drug-likeness (QED) is 0.480. The molecular weight excluding hydrogens is 356 g/mol. The number of hydrogen-bond donors (Lipinski definition) is 2. The van der Waals surface area contributed by atoms with E-state index < -0.39 is 0 Å². The maximum atomic E-state index is 5.86. The van der Waals surface area contributed by atoms with E-state index in [0.717, 1.165) is 11.1 Å². The maximum Gasteiger partial charge on any atom is 0.165 e. The lowest BCUT2D eigenvalue weighted by Crippen LogP contribution is -2.03. The van der Waals surface area contributed by atoms with Crippen LogP contribution in [0.2, 0.25) is 0 Å². The molecule has 0 spiro atoms. The molecule has 1 aromatic carbocycles. The Kier molecular flexibility index (Phi) is 3.61. The third-order valence-electron chi connectivity index (χ3n) is 4.56. The Morgan fingerprint density at radius 3 is 1.68 bits per heavy atom. The predicted octanol–water partition coefficient (Wildman–Crippen LogP) is 1.23. The number of nitrogens with two attached hydrogens (primary N) is 2. The molecule has 0 amide bonds. The van der Waals surface area contributed by atoms with Crippen molar-refractivity contribution in [2.24, 2.45) is 0 Å². The summed E-state index contributed by atoms with van der Waals surface area (Å²) in [6.45, 7) is 1.25. The minimum atomic E-state index is 0.380. The van der Waals surface area contributed by atoms with Crippen LogP contribution in [-0.2, 0) is 13.1 Å². The Hall–Kier alpha value is -4.08. The highest BCUT2D eigenvalue weighted by Gasteiger charge is 2.10. The molecule has 0 atom stereocenters. The summed E-state index contributed by atoms with van der Waals surface area (Å²) < 4.78 is 3.90. The summed E-state index contributed by atoms with van der Waals surface area (Å²) in [6, 6.07) is 8.28. The van der Waals surface area contributed by atoms with E-state index in [1.165, 1.54) is 12.7 Å². The van der Waals surface area contributed by atoms with E-state index in [-0.39, 0.29) is 0 Å². The molecule has 10 nitrogen and oxygen atoms in total. The molecule has 4 N–H and O–H groups in total. The van der Waals surface area contributed by atoms with Gasteiger partial charge >= 0.3 is 0 Å². The normalized spacial score (nSPS) is 11.4. The minimum absolute atomic E-state index is 0.380. The number of nitrogens with zero attached hydrogens (tertiary/aromatic N) is 8. The van der Waals surface area contributed by atoms with Crippen molar-refractivity contribution in [3.8, 4) is 0 Å². The zero-order chi connectivity index (χ0) is 19.1. The Balaban J connectivity index is 1.44. The molecule has 0 aliphatic heterocycles. The molecule has 0 aliphatic carbocycles. The summed E-state index contributed by atoms with van der Waals surface area (Å²) in [6.07, 6.45) is 6.35. The fourth-order valence-corrected chi connectivity index (χ4v) is 3.25. The second-order valence-electron chi connectivity index (χ2n) is 6.43. The van der Waals surface area contributed by atoms with Crippen LogP contribution in [0.5, 0.6) is 0 Å². The average molecular weight is 372 g/mol. The molecule has 138 valence electrons. The molecule has 0 fully saturated rings. The zero-order valence-electron chi connectivity index (χ0n) is 14.8. The van der Waals surface area contributed by atoms with Gasteiger partial charge in [0, 0.05) is 0 Å². The molecule has 5 rings (SSSR count). The van der Waals surface area contributed by atoms with Gasteiger partial charge in [0.1, 0.15) is 23.7 Å². The highest BCUT2D eigenvalue weighted by molar-refractivity contribution is 5.81. The molecule has 0 radical (unpaired) electrons. The number of fused-ring (bicyclic) bond motifs is 2. The summed E-state index contributed by atoms with van der Waals surface area (Å²) in [7, 11) is 0. The summed E-state index contributed by atoms with van der Waals surface area (Å²) in [5, 5.41) is 0. The molecule has 4 aromatic heterocycles. The number of benzene rings is 1. The number of anilines is 2. The second kappa shape index (κ2) is 6.27. The Morgan fingerprint density at radius 2 is 1.18 bits per heavy atom. The number of rotatable bonds is 4. The van der Waals surface area contributed by atoms with E-state index in [1.54, 1.807) is 12.7 Å². The summed E-state index contributed by atoms with van der Waals surface area (Å²) in [4.78, 5) is 25.2. The molecule has 0 bridgehead atoms. The maximum absolute atomic E-state index is 5.86. The second-order valence-corrected chi connectivity index (χ2v) is 6.43. The molecule has 0 saturated heterocycles. The fraction of sp³-hybridized carbons (Fsp3) is 0.111. The Bertz CT molecular complexity index is 1210. The van der Waals surface area contributed by atoms with E-state index in [1.807, 2.05) is 15.2 Å². The van der Waals surface area contributed by atoms with Crippen LogP contribution in [0.1, 0.15) is 11.1 Å². The molecule has 4 heterocycles. The number of aromatic nitrogens is 8. The van der Waals surface area contributed by atoms with Crippen molar-refractivity contribution in [3.05, 3.63) is 60.7 Å². The van der Waals surface area contributed by atoms with Crippen LogP contribution in [0.15, 0.2) is 49.6 Å². The van der Waals surface area contributed by atoms with Gasteiger partial charge in [0.2, 0.25) is 0 Å².